The van der Waals surface area contributed by atoms with Crippen LogP contribution < -0.4 is 9.47 Å². The van der Waals surface area contributed by atoms with Crippen LogP contribution in [0.5, 0.6) is 11.6 Å². The number of rotatable bonds is 6. The lowest BCUT2D eigenvalue weighted by molar-refractivity contribution is 0.0596. The molecular weight excluding hydrogens is 284 g/mol. The highest BCUT2D eigenvalue weighted by atomic mass is 16.5. The van der Waals surface area contributed by atoms with E-state index < -0.39 is 5.97 Å². The summed E-state index contributed by atoms with van der Waals surface area (Å²) in [7, 11) is 3.16. The third-order valence-electron chi connectivity index (χ3n) is 2.95. The number of carbonyl (C=O) groups is 1. The van der Waals surface area contributed by atoms with Crippen molar-refractivity contribution in [2.24, 2.45) is 7.05 Å². The molecule has 6 heteroatoms. The van der Waals surface area contributed by atoms with E-state index in [1.807, 2.05) is 27.0 Å². The second-order valence-electron chi connectivity index (χ2n) is 5.06. The highest BCUT2D eigenvalue weighted by Gasteiger charge is 2.18. The van der Waals surface area contributed by atoms with Crippen LogP contribution in [0, 0.1) is 0 Å². The lowest BCUT2D eigenvalue weighted by Crippen LogP contribution is -2.13. The smallest absolute Gasteiger partial charge is 0.338 e. The van der Waals surface area contributed by atoms with E-state index in [2.05, 4.69) is 5.10 Å². The van der Waals surface area contributed by atoms with Crippen molar-refractivity contribution in [3.05, 3.63) is 41.6 Å². The predicted octanol–water partition coefficient (Wildman–Crippen LogP) is 2.57. The van der Waals surface area contributed by atoms with E-state index in [0.717, 1.165) is 0 Å². The van der Waals surface area contributed by atoms with Crippen LogP contribution in [0.3, 0.4) is 0 Å². The molecule has 1 aromatic carbocycles. The maximum atomic E-state index is 11.9. The van der Waals surface area contributed by atoms with Crippen molar-refractivity contribution in [3.63, 3.8) is 0 Å². The molecule has 2 aromatic rings. The number of esters is 1. The molecule has 0 bridgehead atoms. The maximum Gasteiger partial charge on any atom is 0.338 e. The summed E-state index contributed by atoms with van der Waals surface area (Å²) >= 11 is 0. The summed E-state index contributed by atoms with van der Waals surface area (Å²) in [6, 6.07) is 7.01. The fourth-order valence-electron chi connectivity index (χ4n) is 2.00. The molecule has 0 amide bonds. The quantitative estimate of drug-likeness (QED) is 0.768. The highest BCUT2D eigenvalue weighted by molar-refractivity contribution is 5.91. The number of methoxy groups -OCH3 is 1. The van der Waals surface area contributed by atoms with Gasteiger partial charge in [-0.2, -0.15) is 0 Å². The van der Waals surface area contributed by atoms with Gasteiger partial charge in [0.2, 0.25) is 5.88 Å². The van der Waals surface area contributed by atoms with Crippen molar-refractivity contribution >= 4 is 5.97 Å². The van der Waals surface area contributed by atoms with Gasteiger partial charge in [-0.15, -0.1) is 5.10 Å². The summed E-state index contributed by atoms with van der Waals surface area (Å²) < 4.78 is 17.9. The summed E-state index contributed by atoms with van der Waals surface area (Å²) in [5, 5.41) is 4.15. The molecule has 118 valence electrons. The minimum Gasteiger partial charge on any atom is -0.491 e. The van der Waals surface area contributed by atoms with Gasteiger partial charge in [0.1, 0.15) is 12.4 Å². The molecule has 0 unspecified atom stereocenters. The number of hydrogen-bond donors (Lipinski definition) is 0. The van der Waals surface area contributed by atoms with Gasteiger partial charge in [-0.3, -0.25) is 4.68 Å². The molecule has 2 rings (SSSR count). The van der Waals surface area contributed by atoms with Crippen molar-refractivity contribution in [2.75, 3.05) is 7.11 Å². The molecule has 6 nitrogen and oxygen atoms in total. The predicted molar refractivity (Wildman–Crippen MR) is 81.1 cm³/mol. The molecule has 0 spiro atoms. The maximum absolute atomic E-state index is 11.9. The molecule has 0 aliphatic heterocycles. The summed E-state index contributed by atoms with van der Waals surface area (Å²) in [6.45, 7) is 4.02. The zero-order valence-corrected chi connectivity index (χ0v) is 13.2. The van der Waals surface area contributed by atoms with Gasteiger partial charge in [-0.25, -0.2) is 4.79 Å². The van der Waals surface area contributed by atoms with Crippen LogP contribution >= 0.6 is 0 Å². The molecular formula is C16H20N2O4. The minimum atomic E-state index is -0.422. The molecule has 1 aromatic heterocycles. The SMILES string of the molecule is COC(=O)c1cccc(OC(C)C)c1COc1ccn(C)n1. The lowest BCUT2D eigenvalue weighted by Gasteiger charge is -2.16. The van der Waals surface area contributed by atoms with Crippen LogP contribution in [0.1, 0.15) is 29.8 Å². The third-order valence-corrected chi connectivity index (χ3v) is 2.95. The Bertz CT molecular complexity index is 649. The van der Waals surface area contributed by atoms with Crippen molar-refractivity contribution in [1.29, 1.82) is 0 Å². The van der Waals surface area contributed by atoms with E-state index in [9.17, 15) is 4.79 Å². The van der Waals surface area contributed by atoms with E-state index in [4.69, 9.17) is 14.2 Å². The second kappa shape index (κ2) is 6.98. The second-order valence-corrected chi connectivity index (χ2v) is 5.06. The Labute approximate surface area is 129 Å². The zero-order chi connectivity index (χ0) is 16.1. The van der Waals surface area contributed by atoms with Gasteiger partial charge in [-0.1, -0.05) is 6.07 Å². The minimum absolute atomic E-state index is 0.0125. The van der Waals surface area contributed by atoms with Crippen molar-refractivity contribution < 1.29 is 19.0 Å². The fraction of sp³-hybridized carbons (Fsp3) is 0.375. The standard InChI is InChI=1S/C16H20N2O4/c1-11(2)22-14-7-5-6-12(16(19)20-4)13(14)10-21-15-8-9-18(3)17-15/h5-9,11H,10H2,1-4H3. The van der Waals surface area contributed by atoms with E-state index in [0.29, 0.717) is 22.8 Å². The first-order chi connectivity index (χ1) is 10.5. The Balaban J connectivity index is 2.29. The number of hydrogen-bond acceptors (Lipinski definition) is 5. The Kier molecular flexibility index (Phi) is 5.04. The third kappa shape index (κ3) is 3.78. The molecule has 0 atom stereocenters. The summed E-state index contributed by atoms with van der Waals surface area (Å²) in [6.07, 6.45) is 1.77. The fourth-order valence-corrected chi connectivity index (χ4v) is 2.00. The number of benzene rings is 1. The average molecular weight is 304 g/mol. The zero-order valence-electron chi connectivity index (χ0n) is 13.2. The topological polar surface area (TPSA) is 62.6 Å². The van der Waals surface area contributed by atoms with Crippen LogP contribution in [0.2, 0.25) is 0 Å². The van der Waals surface area contributed by atoms with E-state index >= 15 is 0 Å². The first-order valence-electron chi connectivity index (χ1n) is 7.00. The first-order valence-corrected chi connectivity index (χ1v) is 7.00. The van der Waals surface area contributed by atoms with Gasteiger partial charge < -0.3 is 14.2 Å². The number of nitrogens with zero attached hydrogens (tertiary/aromatic N) is 2. The number of ether oxygens (including phenoxy) is 3. The molecule has 0 aliphatic rings. The largest absolute Gasteiger partial charge is 0.491 e. The van der Waals surface area contributed by atoms with Crippen LogP contribution in [-0.2, 0) is 18.4 Å². The van der Waals surface area contributed by atoms with Crippen LogP contribution in [0.4, 0.5) is 0 Å². The molecule has 0 radical (unpaired) electrons. The molecule has 0 N–H and O–H groups in total. The van der Waals surface area contributed by atoms with Gasteiger partial charge in [0.25, 0.3) is 0 Å². The number of aromatic nitrogens is 2. The van der Waals surface area contributed by atoms with Gasteiger partial charge >= 0.3 is 5.97 Å². The Morgan fingerprint density at radius 1 is 1.32 bits per heavy atom. The highest BCUT2D eigenvalue weighted by Crippen LogP contribution is 2.26. The van der Waals surface area contributed by atoms with Crippen LogP contribution in [0.25, 0.3) is 0 Å². The molecule has 0 saturated carbocycles. The lowest BCUT2D eigenvalue weighted by atomic mass is 10.1. The molecule has 0 aliphatic carbocycles. The number of aryl methyl sites for hydroxylation is 1. The van der Waals surface area contributed by atoms with Crippen molar-refractivity contribution in [3.8, 4) is 11.6 Å². The Morgan fingerprint density at radius 2 is 2.09 bits per heavy atom. The monoisotopic (exact) mass is 304 g/mol. The van der Waals surface area contributed by atoms with Crippen LogP contribution in [0.15, 0.2) is 30.5 Å². The van der Waals surface area contributed by atoms with E-state index in [-0.39, 0.29) is 12.7 Å². The molecule has 0 fully saturated rings. The summed E-state index contributed by atoms with van der Waals surface area (Å²) in [5.41, 5.74) is 1.07. The summed E-state index contributed by atoms with van der Waals surface area (Å²) in [5.74, 6) is 0.667. The van der Waals surface area contributed by atoms with E-state index in [1.54, 1.807) is 29.1 Å². The Morgan fingerprint density at radius 3 is 2.68 bits per heavy atom. The Hall–Kier alpha value is -2.50. The van der Waals surface area contributed by atoms with E-state index in [1.165, 1.54) is 7.11 Å². The number of carbonyl (C=O) groups excluding carboxylic acids is 1. The van der Waals surface area contributed by atoms with Gasteiger partial charge in [0, 0.05) is 24.9 Å². The van der Waals surface area contributed by atoms with Gasteiger partial charge in [-0.05, 0) is 26.0 Å². The molecule has 1 heterocycles. The summed E-state index contributed by atoms with van der Waals surface area (Å²) in [4.78, 5) is 11.9. The van der Waals surface area contributed by atoms with Crippen LogP contribution in [-0.4, -0.2) is 29.0 Å². The normalized spacial score (nSPS) is 10.6. The van der Waals surface area contributed by atoms with Gasteiger partial charge in [0.05, 0.1) is 18.8 Å². The molecule has 0 saturated heterocycles. The first kappa shape index (κ1) is 15.9. The molecule has 22 heavy (non-hydrogen) atoms. The van der Waals surface area contributed by atoms with Gasteiger partial charge in [0.15, 0.2) is 0 Å². The average Bonchev–Trinajstić information content (AvgIpc) is 2.90. The van der Waals surface area contributed by atoms with Crippen molar-refractivity contribution in [1.82, 2.24) is 9.78 Å². The van der Waals surface area contributed by atoms with Crippen molar-refractivity contribution in [2.45, 2.75) is 26.6 Å².